The topological polar surface area (TPSA) is 18.5 Å². The summed E-state index contributed by atoms with van der Waals surface area (Å²) in [5, 5.41) is 1.03. The molecule has 4 unspecified atom stereocenters. The molecule has 2 aliphatic rings. The van der Waals surface area contributed by atoms with E-state index in [9.17, 15) is 0 Å². The molecule has 1 fully saturated rings. The van der Waals surface area contributed by atoms with Crippen LogP contribution in [0, 0.1) is 27.7 Å². The van der Waals surface area contributed by atoms with Crippen LogP contribution in [0.4, 0.5) is 0 Å². The van der Waals surface area contributed by atoms with Gasteiger partial charge in [-0.2, -0.15) is 21.0 Å². The van der Waals surface area contributed by atoms with E-state index in [1.54, 1.807) is 0 Å². The first-order valence-corrected chi connectivity index (χ1v) is 23.8. The molecule has 4 aromatic rings. The lowest BCUT2D eigenvalue weighted by Gasteiger charge is -2.34. The van der Waals surface area contributed by atoms with E-state index in [2.05, 4.69) is 144 Å². The molecule has 0 saturated heterocycles. The number of fused-ring (bicyclic) bond motifs is 3. The fourth-order valence-corrected chi connectivity index (χ4v) is 13.4. The molecule has 0 amide bonds. The minimum absolute atomic E-state index is 0.0389. The van der Waals surface area contributed by atoms with E-state index < -0.39 is 5.79 Å². The van der Waals surface area contributed by atoms with Crippen LogP contribution in [0.3, 0.4) is 0 Å². The van der Waals surface area contributed by atoms with Crippen molar-refractivity contribution in [2.45, 2.75) is 160 Å². The highest BCUT2D eigenvalue weighted by Gasteiger charge is 2.34. The largest absolute Gasteiger partial charge is 0.452 e. The maximum atomic E-state index is 7.42. The first-order chi connectivity index (χ1) is 25.7. The summed E-state index contributed by atoms with van der Waals surface area (Å²) in [5.74, 6) is 12.8. The van der Waals surface area contributed by atoms with Gasteiger partial charge in [0.05, 0.1) is 0 Å². The van der Waals surface area contributed by atoms with Crippen LogP contribution in [0.5, 0.6) is 11.5 Å². The van der Waals surface area contributed by atoms with E-state index in [1.807, 2.05) is 0 Å². The molecule has 1 aliphatic heterocycles. The van der Waals surface area contributed by atoms with Crippen LogP contribution in [0.1, 0.15) is 138 Å². The maximum Gasteiger partial charge on any atom is 0.245 e. The van der Waals surface area contributed by atoms with Gasteiger partial charge in [0.15, 0.2) is 0 Å². The molecule has 4 atom stereocenters. The third kappa shape index (κ3) is 9.73. The highest BCUT2D eigenvalue weighted by atomic mass is 32.2. The smallest absolute Gasteiger partial charge is 0.245 e. The number of rotatable bonds is 2. The summed E-state index contributed by atoms with van der Waals surface area (Å²) in [6, 6.07) is 23.4. The zero-order valence-electron chi connectivity index (χ0n) is 36.1. The molecule has 0 aromatic heterocycles. The lowest BCUT2D eigenvalue weighted by atomic mass is 9.83. The van der Waals surface area contributed by atoms with Gasteiger partial charge >= 0.3 is 0 Å². The highest BCUT2D eigenvalue weighted by Crippen LogP contribution is 2.50. The van der Waals surface area contributed by atoms with E-state index in [0.717, 1.165) is 34.1 Å². The van der Waals surface area contributed by atoms with Gasteiger partial charge in [0, 0.05) is 58.1 Å². The summed E-state index contributed by atoms with van der Waals surface area (Å²) in [4.78, 5) is 0. The van der Waals surface area contributed by atoms with E-state index >= 15 is 0 Å². The van der Waals surface area contributed by atoms with Crippen molar-refractivity contribution < 1.29 is 9.47 Å². The Balaban J connectivity index is 1.67. The van der Waals surface area contributed by atoms with Crippen molar-refractivity contribution in [3.8, 4) is 33.8 Å². The molecule has 6 rings (SSSR count). The van der Waals surface area contributed by atoms with Crippen molar-refractivity contribution in [3.05, 3.63) is 105 Å². The molecule has 0 spiro atoms. The van der Waals surface area contributed by atoms with Gasteiger partial charge in [-0.15, -0.1) is 0 Å². The highest BCUT2D eigenvalue weighted by molar-refractivity contribution is 8.17. The Morgan fingerprint density at radius 2 is 0.873 bits per heavy atom. The Morgan fingerprint density at radius 3 is 1.20 bits per heavy atom. The Hall–Kier alpha value is -3.08. The first kappa shape index (κ1) is 41.6. The molecule has 1 heterocycles. The van der Waals surface area contributed by atoms with Crippen LogP contribution in [0.15, 0.2) is 60.7 Å². The molecular formula is C51H68O2S2. The average Bonchev–Trinajstić information content (AvgIpc) is 3.03. The summed E-state index contributed by atoms with van der Waals surface area (Å²) < 4.78 is 14.8. The molecule has 55 heavy (non-hydrogen) atoms. The predicted octanol–water partition coefficient (Wildman–Crippen LogP) is 14.5. The second-order valence-corrected chi connectivity index (χ2v) is 23.3. The van der Waals surface area contributed by atoms with E-state index in [-0.39, 0.29) is 31.8 Å². The summed E-state index contributed by atoms with van der Waals surface area (Å²) >= 11 is 0. The quantitative estimate of drug-likeness (QED) is 0.189. The molecule has 4 heteroatoms. The first-order valence-electron chi connectivity index (χ1n) is 20.6. The normalized spacial score (nSPS) is 22.2. The number of aryl methyl sites for hydroxylation is 4. The second kappa shape index (κ2) is 16.0. The zero-order chi connectivity index (χ0) is 40.0. The van der Waals surface area contributed by atoms with Crippen molar-refractivity contribution in [1.82, 2.24) is 0 Å². The lowest BCUT2D eigenvalue weighted by Crippen LogP contribution is -2.36. The molecule has 2 nitrogen and oxygen atoms in total. The fourth-order valence-electron chi connectivity index (χ4n) is 8.69. The Labute approximate surface area is 339 Å². The van der Waals surface area contributed by atoms with Gasteiger partial charge in [-0.3, -0.25) is 0 Å². The molecule has 1 aliphatic carbocycles. The van der Waals surface area contributed by atoms with Crippen molar-refractivity contribution in [3.63, 3.8) is 0 Å². The molecule has 0 N–H and O–H groups in total. The monoisotopic (exact) mass is 776 g/mol. The maximum absolute atomic E-state index is 7.42. The van der Waals surface area contributed by atoms with Gasteiger partial charge in [-0.25, -0.2) is 0 Å². The van der Waals surface area contributed by atoms with Gasteiger partial charge in [-0.1, -0.05) is 150 Å². The SMILES string of the molecule is C=S1Cc2cc(C(C)(C)C)cc(-c3cc(C)cc(C)c3)c2OC(C)(C)Oc2c(cc(C(C)(C)C)cc2-c2cc(C)cc(C)c2)CS(=C)C2CCCCCCC21. The van der Waals surface area contributed by atoms with E-state index in [0.29, 0.717) is 10.5 Å². The Morgan fingerprint density at radius 1 is 0.527 bits per heavy atom. The summed E-state index contributed by atoms with van der Waals surface area (Å²) in [5.41, 5.74) is 14.8. The van der Waals surface area contributed by atoms with Crippen LogP contribution >= 0.6 is 21.0 Å². The van der Waals surface area contributed by atoms with Crippen molar-refractivity contribution in [1.29, 1.82) is 0 Å². The number of benzene rings is 4. The molecule has 296 valence electrons. The van der Waals surface area contributed by atoms with Crippen LogP contribution < -0.4 is 9.47 Å². The average molecular weight is 777 g/mol. The third-order valence-electron chi connectivity index (χ3n) is 11.5. The van der Waals surface area contributed by atoms with Gasteiger partial charge in [0.25, 0.3) is 0 Å². The van der Waals surface area contributed by atoms with Crippen LogP contribution in [0.2, 0.25) is 0 Å². The minimum Gasteiger partial charge on any atom is -0.452 e. The van der Waals surface area contributed by atoms with Crippen molar-refractivity contribution in [2.75, 3.05) is 0 Å². The zero-order valence-corrected chi connectivity index (χ0v) is 37.8. The Bertz CT molecular complexity index is 1920. The van der Waals surface area contributed by atoms with Crippen molar-refractivity contribution in [2.24, 2.45) is 0 Å². The number of hydrogen-bond acceptors (Lipinski definition) is 2. The molecule has 4 aromatic carbocycles. The molecular weight excluding hydrogens is 709 g/mol. The fraction of sp³-hybridized carbons (Fsp3) is 0.490. The Kier molecular flexibility index (Phi) is 12.1. The van der Waals surface area contributed by atoms with Gasteiger partial charge in [0.2, 0.25) is 5.79 Å². The van der Waals surface area contributed by atoms with Crippen LogP contribution in [-0.2, 0) is 22.3 Å². The van der Waals surface area contributed by atoms with E-state index in [1.165, 1.54) is 94.2 Å². The van der Waals surface area contributed by atoms with E-state index in [4.69, 9.17) is 21.2 Å². The molecule has 0 radical (unpaired) electrons. The third-order valence-corrected chi connectivity index (χ3v) is 15.9. The summed E-state index contributed by atoms with van der Waals surface area (Å²) in [7, 11) is -0.254. The lowest BCUT2D eigenvalue weighted by molar-refractivity contribution is -0.0811. The van der Waals surface area contributed by atoms with Crippen molar-refractivity contribution >= 4 is 32.7 Å². The van der Waals surface area contributed by atoms with Gasteiger partial charge in [-0.05, 0) is 85.8 Å². The van der Waals surface area contributed by atoms with Crippen LogP contribution in [0.25, 0.3) is 22.3 Å². The van der Waals surface area contributed by atoms with Gasteiger partial charge < -0.3 is 9.47 Å². The molecule has 0 bridgehead atoms. The summed E-state index contributed by atoms with van der Waals surface area (Å²) in [6.45, 7) is 27.0. The van der Waals surface area contributed by atoms with Gasteiger partial charge in [0.1, 0.15) is 11.5 Å². The molecule has 1 saturated carbocycles. The van der Waals surface area contributed by atoms with Crippen LogP contribution in [-0.4, -0.2) is 28.0 Å². The minimum atomic E-state index is -0.993. The second-order valence-electron chi connectivity index (χ2n) is 19.3. The standard InChI is InChI=1S/C51H68O2S2/c1-33-21-34(2)24-37(23-33)43-29-41(49(5,6)7)27-39-31-54(13)45-19-17-15-16-18-20-46(45)55(14)32-40-28-42(50(8,9)10)30-44(38-25-35(3)22-36(4)26-38)48(40)53-51(11,12)52-47(39)43/h21-30,45-46H,13-20,31-32H2,1-12H3. The number of hydrogen-bond donors (Lipinski definition) is 0. The predicted molar refractivity (Wildman–Crippen MR) is 248 cm³/mol. The number of ether oxygens (including phenoxy) is 2. The summed E-state index contributed by atoms with van der Waals surface area (Å²) in [6.07, 6.45) is 7.62.